The van der Waals surface area contributed by atoms with Crippen molar-refractivity contribution in [2.75, 3.05) is 19.8 Å². The maximum atomic E-state index is 6.53. The Hall–Kier alpha value is 0.314. The largest absolute Gasteiger partial charge is 0.416 e. The minimum absolute atomic E-state index is 0.216. The van der Waals surface area contributed by atoms with E-state index in [0.717, 1.165) is 0 Å². The molecule has 3 nitrogen and oxygen atoms in total. The van der Waals surface area contributed by atoms with Crippen LogP contribution in [0.3, 0.4) is 0 Å². The van der Waals surface area contributed by atoms with E-state index >= 15 is 0 Å². The summed E-state index contributed by atoms with van der Waals surface area (Å²) in [4.78, 5) is 0. The zero-order chi connectivity index (χ0) is 20.3. The molecule has 0 aromatic heterocycles. The summed E-state index contributed by atoms with van der Waals surface area (Å²) in [7, 11) is -3.56. The molecule has 0 aliphatic heterocycles. The van der Waals surface area contributed by atoms with Gasteiger partial charge in [0.05, 0.1) is 5.60 Å². The molecule has 0 amide bonds. The Balaban J connectivity index is 5.21. The minimum Gasteiger partial charge on any atom is -0.416 e. The lowest BCUT2D eigenvalue weighted by Crippen LogP contribution is -2.49. The number of rotatable bonds is 9. The molecule has 0 fully saturated rings. The molecule has 0 saturated heterocycles. The Bertz CT molecular complexity index is 374. The van der Waals surface area contributed by atoms with Crippen LogP contribution in [0.25, 0.3) is 0 Å². The molecule has 0 rings (SSSR count). The topological polar surface area (TPSA) is 27.7 Å². The van der Waals surface area contributed by atoms with Gasteiger partial charge in [0, 0.05) is 25.7 Å². The standard InChI is InChI=1S/C20H46O3Si2/c1-14-21-20(8,9)17(15-22-24(10,11)18(2,3)4)16-23-25(12,13)19(5,6)7/h17H,14-16H2,1-13H3. The third-order valence-electron chi connectivity index (χ3n) is 6.40. The molecule has 0 aromatic rings. The lowest BCUT2D eigenvalue weighted by molar-refractivity contribution is -0.0803. The molecule has 0 N–H and O–H groups in total. The van der Waals surface area contributed by atoms with Crippen LogP contribution in [0.4, 0.5) is 0 Å². The molecule has 5 heteroatoms. The smallest absolute Gasteiger partial charge is 0.191 e. The van der Waals surface area contributed by atoms with E-state index in [-0.39, 0.29) is 21.6 Å². The lowest BCUT2D eigenvalue weighted by atomic mass is 9.92. The van der Waals surface area contributed by atoms with E-state index in [9.17, 15) is 0 Å². The fourth-order valence-corrected chi connectivity index (χ4v) is 4.09. The fraction of sp³-hybridized carbons (Fsp3) is 1.00. The molecular formula is C20H46O3Si2. The van der Waals surface area contributed by atoms with Gasteiger partial charge in [-0.05, 0) is 57.0 Å². The van der Waals surface area contributed by atoms with E-state index in [1.165, 1.54) is 0 Å². The minimum atomic E-state index is -1.78. The van der Waals surface area contributed by atoms with Gasteiger partial charge in [-0.2, -0.15) is 0 Å². The third kappa shape index (κ3) is 7.45. The van der Waals surface area contributed by atoms with Gasteiger partial charge in [-0.15, -0.1) is 0 Å². The summed E-state index contributed by atoms with van der Waals surface area (Å²) in [6.07, 6.45) is 0. The van der Waals surface area contributed by atoms with Crippen molar-refractivity contribution in [2.24, 2.45) is 5.92 Å². The van der Waals surface area contributed by atoms with Crippen LogP contribution < -0.4 is 0 Å². The molecule has 0 bridgehead atoms. The van der Waals surface area contributed by atoms with E-state index in [1.807, 2.05) is 0 Å². The number of hydrogen-bond donors (Lipinski definition) is 0. The molecule has 0 aromatic carbocycles. The van der Waals surface area contributed by atoms with Gasteiger partial charge < -0.3 is 13.6 Å². The zero-order valence-electron chi connectivity index (χ0n) is 19.4. The van der Waals surface area contributed by atoms with Crippen molar-refractivity contribution in [3.8, 4) is 0 Å². The van der Waals surface area contributed by atoms with Crippen LogP contribution in [0.15, 0.2) is 0 Å². The van der Waals surface area contributed by atoms with Gasteiger partial charge in [0.2, 0.25) is 0 Å². The first-order valence-electron chi connectivity index (χ1n) is 9.79. The number of hydrogen-bond acceptors (Lipinski definition) is 3. The van der Waals surface area contributed by atoms with Crippen molar-refractivity contribution in [3.63, 3.8) is 0 Å². The van der Waals surface area contributed by atoms with E-state index in [2.05, 4.69) is 88.5 Å². The summed E-state index contributed by atoms with van der Waals surface area (Å²) in [5.41, 5.74) is -0.251. The average molecular weight is 391 g/mol. The molecule has 152 valence electrons. The monoisotopic (exact) mass is 390 g/mol. The highest BCUT2D eigenvalue weighted by atomic mass is 28.4. The van der Waals surface area contributed by atoms with Crippen molar-refractivity contribution in [2.45, 2.75) is 104 Å². The summed E-state index contributed by atoms with van der Waals surface area (Å²) in [5.74, 6) is 0.232. The molecule has 0 heterocycles. The molecule has 0 spiro atoms. The molecule has 0 unspecified atom stereocenters. The Kier molecular flexibility index (Phi) is 8.66. The second-order valence-electron chi connectivity index (χ2n) is 10.9. The Morgan fingerprint density at radius 1 is 0.680 bits per heavy atom. The van der Waals surface area contributed by atoms with Crippen molar-refractivity contribution in [3.05, 3.63) is 0 Å². The first-order valence-corrected chi connectivity index (χ1v) is 15.6. The van der Waals surface area contributed by atoms with Crippen LogP contribution in [0.1, 0.15) is 62.3 Å². The summed E-state index contributed by atoms with van der Waals surface area (Å²) < 4.78 is 19.1. The first kappa shape index (κ1) is 25.3. The van der Waals surface area contributed by atoms with E-state index < -0.39 is 16.6 Å². The highest BCUT2D eigenvalue weighted by molar-refractivity contribution is 6.74. The Morgan fingerprint density at radius 3 is 1.24 bits per heavy atom. The van der Waals surface area contributed by atoms with E-state index in [0.29, 0.717) is 19.8 Å². The van der Waals surface area contributed by atoms with E-state index in [4.69, 9.17) is 13.6 Å². The van der Waals surface area contributed by atoms with Crippen molar-refractivity contribution >= 4 is 16.6 Å². The van der Waals surface area contributed by atoms with Crippen LogP contribution >= 0.6 is 0 Å². The second kappa shape index (κ2) is 8.55. The molecular weight excluding hydrogens is 344 g/mol. The quantitative estimate of drug-likeness (QED) is 0.423. The Labute approximate surface area is 160 Å². The third-order valence-corrected chi connectivity index (χ3v) is 15.4. The van der Waals surface area contributed by atoms with Crippen LogP contribution in [-0.4, -0.2) is 42.1 Å². The fourth-order valence-electron chi connectivity index (χ4n) is 1.99. The molecule has 0 aliphatic rings. The normalized spacial score (nSPS) is 15.1. The maximum absolute atomic E-state index is 6.53. The zero-order valence-corrected chi connectivity index (χ0v) is 21.4. The molecule has 0 aliphatic carbocycles. The highest BCUT2D eigenvalue weighted by Crippen LogP contribution is 2.39. The van der Waals surface area contributed by atoms with Gasteiger partial charge in [-0.25, -0.2) is 0 Å². The lowest BCUT2D eigenvalue weighted by Gasteiger charge is -2.42. The van der Waals surface area contributed by atoms with Crippen LogP contribution in [0, 0.1) is 5.92 Å². The summed E-state index contributed by atoms with van der Waals surface area (Å²) >= 11 is 0. The predicted octanol–water partition coefficient (Wildman–Crippen LogP) is 6.46. The van der Waals surface area contributed by atoms with Crippen LogP contribution in [-0.2, 0) is 13.6 Å². The SMILES string of the molecule is CCOC(C)(C)C(CO[Si](C)(C)C(C)(C)C)CO[Si](C)(C)C(C)(C)C. The van der Waals surface area contributed by atoms with Crippen molar-refractivity contribution in [1.29, 1.82) is 0 Å². The average Bonchev–Trinajstić information content (AvgIpc) is 2.34. The summed E-state index contributed by atoms with van der Waals surface area (Å²) in [6, 6.07) is 0. The maximum Gasteiger partial charge on any atom is 0.191 e. The van der Waals surface area contributed by atoms with Crippen LogP contribution in [0.2, 0.25) is 36.3 Å². The number of ether oxygens (including phenoxy) is 1. The predicted molar refractivity (Wildman–Crippen MR) is 115 cm³/mol. The molecule has 25 heavy (non-hydrogen) atoms. The highest BCUT2D eigenvalue weighted by Gasteiger charge is 2.42. The van der Waals surface area contributed by atoms with Gasteiger partial charge in [-0.3, -0.25) is 0 Å². The van der Waals surface area contributed by atoms with Gasteiger partial charge in [0.15, 0.2) is 16.6 Å². The van der Waals surface area contributed by atoms with Crippen molar-refractivity contribution < 1.29 is 13.6 Å². The summed E-state index contributed by atoms with van der Waals surface area (Å²) in [6.45, 7) is 31.5. The molecule has 0 radical (unpaired) electrons. The van der Waals surface area contributed by atoms with E-state index in [1.54, 1.807) is 0 Å². The van der Waals surface area contributed by atoms with Gasteiger partial charge in [0.25, 0.3) is 0 Å². The van der Waals surface area contributed by atoms with Crippen molar-refractivity contribution in [1.82, 2.24) is 0 Å². The first-order chi connectivity index (χ1) is 10.9. The Morgan fingerprint density at radius 2 is 1.00 bits per heavy atom. The van der Waals surface area contributed by atoms with Gasteiger partial charge in [0.1, 0.15) is 0 Å². The summed E-state index contributed by atoms with van der Waals surface area (Å²) in [5, 5.41) is 0.432. The van der Waals surface area contributed by atoms with Gasteiger partial charge in [-0.1, -0.05) is 41.5 Å². The molecule has 0 saturated carbocycles. The van der Waals surface area contributed by atoms with Gasteiger partial charge >= 0.3 is 0 Å². The second-order valence-corrected chi connectivity index (χ2v) is 20.5. The molecule has 0 atom stereocenters. The van der Waals surface area contributed by atoms with Crippen LogP contribution in [0.5, 0.6) is 0 Å².